The number of hydrogen-bond acceptors (Lipinski definition) is 8. The number of amides is 1. The topological polar surface area (TPSA) is 126 Å². The van der Waals surface area contributed by atoms with Gasteiger partial charge < -0.3 is 4.42 Å². The number of rotatable bonds is 4. The van der Waals surface area contributed by atoms with Crippen molar-refractivity contribution in [3.8, 4) is 11.5 Å². The number of nitrogens with zero attached hydrogens (tertiary/aromatic N) is 4. The molecular weight excluding hydrogens is 288 g/mol. The fourth-order valence-corrected chi connectivity index (χ4v) is 1.64. The van der Waals surface area contributed by atoms with E-state index >= 15 is 0 Å². The van der Waals surface area contributed by atoms with Crippen LogP contribution >= 0.6 is 0 Å². The standard InChI is InChI=1S/C13H10N6O3/c20-10(19-21)9-6-14-12(15-7-9)16-13-18-17-11(22-13)8-4-2-1-3-5-8/h1-7,21H,(H,19,20)(H,14,15,16,18). The summed E-state index contributed by atoms with van der Waals surface area (Å²) < 4.78 is 5.44. The molecule has 0 radical (unpaired) electrons. The Balaban J connectivity index is 1.74. The molecule has 0 saturated heterocycles. The van der Waals surface area contributed by atoms with Gasteiger partial charge in [-0.1, -0.05) is 23.3 Å². The molecule has 2 heterocycles. The molecule has 0 aliphatic rings. The summed E-state index contributed by atoms with van der Waals surface area (Å²) in [7, 11) is 0. The monoisotopic (exact) mass is 298 g/mol. The van der Waals surface area contributed by atoms with Crippen LogP contribution in [0.3, 0.4) is 0 Å². The lowest BCUT2D eigenvalue weighted by molar-refractivity contribution is 0.0705. The molecule has 1 amide bonds. The van der Waals surface area contributed by atoms with E-state index in [4.69, 9.17) is 9.62 Å². The lowest BCUT2D eigenvalue weighted by atomic mass is 10.2. The highest BCUT2D eigenvalue weighted by Gasteiger charge is 2.10. The number of hydrogen-bond donors (Lipinski definition) is 3. The van der Waals surface area contributed by atoms with Crippen LogP contribution in [0.25, 0.3) is 11.5 Å². The summed E-state index contributed by atoms with van der Waals surface area (Å²) in [6.45, 7) is 0. The van der Waals surface area contributed by atoms with Crippen molar-refractivity contribution < 1.29 is 14.4 Å². The van der Waals surface area contributed by atoms with E-state index in [0.717, 1.165) is 5.56 Å². The van der Waals surface area contributed by atoms with Crippen LogP contribution < -0.4 is 10.8 Å². The van der Waals surface area contributed by atoms with Gasteiger partial charge in [0.15, 0.2) is 0 Å². The van der Waals surface area contributed by atoms with Crippen molar-refractivity contribution in [1.29, 1.82) is 0 Å². The highest BCUT2D eigenvalue weighted by Crippen LogP contribution is 2.20. The zero-order valence-corrected chi connectivity index (χ0v) is 11.1. The first kappa shape index (κ1) is 13.6. The lowest BCUT2D eigenvalue weighted by Crippen LogP contribution is -2.19. The Hall–Kier alpha value is -3.33. The molecule has 3 rings (SSSR count). The number of benzene rings is 1. The maximum absolute atomic E-state index is 11.1. The molecule has 0 unspecified atom stereocenters. The van der Waals surface area contributed by atoms with Crippen molar-refractivity contribution in [2.75, 3.05) is 5.32 Å². The molecule has 9 heteroatoms. The second-order valence-corrected chi connectivity index (χ2v) is 4.14. The summed E-state index contributed by atoms with van der Waals surface area (Å²) in [5.41, 5.74) is 2.40. The maximum Gasteiger partial charge on any atom is 0.322 e. The Bertz CT molecular complexity index is 772. The van der Waals surface area contributed by atoms with Crippen LogP contribution in [-0.2, 0) is 0 Å². The van der Waals surface area contributed by atoms with E-state index in [1.807, 2.05) is 30.3 Å². The predicted octanol–water partition coefficient (Wildman–Crippen LogP) is 1.39. The zero-order chi connectivity index (χ0) is 15.4. The molecule has 0 saturated carbocycles. The largest absolute Gasteiger partial charge is 0.403 e. The predicted molar refractivity (Wildman–Crippen MR) is 74.3 cm³/mol. The number of nitrogens with one attached hydrogen (secondary N) is 2. The molecule has 9 nitrogen and oxygen atoms in total. The number of anilines is 2. The van der Waals surface area contributed by atoms with E-state index in [9.17, 15) is 4.79 Å². The molecule has 0 atom stereocenters. The van der Waals surface area contributed by atoms with Gasteiger partial charge in [-0.2, -0.15) is 0 Å². The minimum Gasteiger partial charge on any atom is -0.403 e. The SMILES string of the molecule is O=C(NO)c1cnc(Nc2nnc(-c3ccccc3)o2)nc1. The Morgan fingerprint density at radius 2 is 1.82 bits per heavy atom. The lowest BCUT2D eigenvalue weighted by Gasteiger charge is -2.00. The van der Waals surface area contributed by atoms with Crippen molar-refractivity contribution in [1.82, 2.24) is 25.6 Å². The van der Waals surface area contributed by atoms with E-state index in [1.54, 1.807) is 0 Å². The van der Waals surface area contributed by atoms with Crippen LogP contribution in [0.2, 0.25) is 0 Å². The smallest absolute Gasteiger partial charge is 0.322 e. The molecule has 3 aromatic rings. The number of aromatic nitrogens is 4. The first-order chi connectivity index (χ1) is 10.8. The average molecular weight is 298 g/mol. The zero-order valence-electron chi connectivity index (χ0n) is 11.1. The first-order valence-electron chi connectivity index (χ1n) is 6.18. The van der Waals surface area contributed by atoms with Crippen LogP contribution in [-0.4, -0.2) is 31.3 Å². The van der Waals surface area contributed by atoms with Crippen LogP contribution in [0, 0.1) is 0 Å². The van der Waals surface area contributed by atoms with Crippen molar-refractivity contribution in [3.05, 3.63) is 48.3 Å². The molecule has 0 fully saturated rings. The molecule has 0 aliphatic carbocycles. The molecule has 0 bridgehead atoms. The van der Waals surface area contributed by atoms with Crippen LogP contribution in [0.15, 0.2) is 47.1 Å². The molecule has 110 valence electrons. The minimum atomic E-state index is -0.698. The fraction of sp³-hybridized carbons (Fsp3) is 0. The van der Waals surface area contributed by atoms with Gasteiger partial charge in [0.1, 0.15) is 0 Å². The van der Waals surface area contributed by atoms with Gasteiger partial charge in [0.05, 0.1) is 5.56 Å². The van der Waals surface area contributed by atoms with Crippen LogP contribution in [0.4, 0.5) is 12.0 Å². The fourth-order valence-electron chi connectivity index (χ4n) is 1.64. The molecule has 2 aromatic heterocycles. The van der Waals surface area contributed by atoms with E-state index in [-0.39, 0.29) is 17.5 Å². The van der Waals surface area contributed by atoms with Gasteiger partial charge in [-0.25, -0.2) is 15.4 Å². The quantitative estimate of drug-likeness (QED) is 0.487. The third-order valence-electron chi connectivity index (χ3n) is 2.68. The van der Waals surface area contributed by atoms with E-state index in [1.165, 1.54) is 17.9 Å². The molecule has 3 N–H and O–H groups in total. The van der Waals surface area contributed by atoms with Gasteiger partial charge >= 0.3 is 6.01 Å². The third kappa shape index (κ3) is 2.88. The summed E-state index contributed by atoms with van der Waals surface area (Å²) in [5.74, 6) is -0.159. The third-order valence-corrected chi connectivity index (χ3v) is 2.68. The van der Waals surface area contributed by atoms with Gasteiger partial charge in [-0.05, 0) is 12.1 Å². The molecule has 0 spiro atoms. The summed E-state index contributed by atoms with van der Waals surface area (Å²) in [4.78, 5) is 18.9. The van der Waals surface area contributed by atoms with Crippen molar-refractivity contribution in [2.24, 2.45) is 0 Å². The van der Waals surface area contributed by atoms with Gasteiger partial charge in [0.25, 0.3) is 5.91 Å². The molecule has 22 heavy (non-hydrogen) atoms. The van der Waals surface area contributed by atoms with Gasteiger partial charge in [0, 0.05) is 18.0 Å². The van der Waals surface area contributed by atoms with Gasteiger partial charge in [-0.3, -0.25) is 15.3 Å². The van der Waals surface area contributed by atoms with Crippen molar-refractivity contribution in [2.45, 2.75) is 0 Å². The summed E-state index contributed by atoms with van der Waals surface area (Å²) >= 11 is 0. The average Bonchev–Trinajstić information content (AvgIpc) is 3.04. The van der Waals surface area contributed by atoms with E-state index < -0.39 is 5.91 Å². The first-order valence-corrected chi connectivity index (χ1v) is 6.18. The highest BCUT2D eigenvalue weighted by molar-refractivity contribution is 5.92. The van der Waals surface area contributed by atoms with Crippen molar-refractivity contribution >= 4 is 17.9 Å². The van der Waals surface area contributed by atoms with Crippen LogP contribution in [0.1, 0.15) is 10.4 Å². The Labute approximate surface area is 124 Å². The summed E-state index contributed by atoms with van der Waals surface area (Å²) in [6.07, 6.45) is 2.49. The maximum atomic E-state index is 11.1. The summed E-state index contributed by atoms with van der Waals surface area (Å²) in [6, 6.07) is 9.42. The normalized spacial score (nSPS) is 10.2. The molecular formula is C13H10N6O3. The summed E-state index contributed by atoms with van der Waals surface area (Å²) in [5, 5.41) is 19.0. The molecule has 0 aliphatic heterocycles. The minimum absolute atomic E-state index is 0.114. The van der Waals surface area contributed by atoms with E-state index in [2.05, 4.69) is 25.5 Å². The van der Waals surface area contributed by atoms with Crippen molar-refractivity contribution in [3.63, 3.8) is 0 Å². The second-order valence-electron chi connectivity index (χ2n) is 4.14. The number of hydroxylamine groups is 1. The Morgan fingerprint density at radius 3 is 2.50 bits per heavy atom. The second kappa shape index (κ2) is 5.97. The van der Waals surface area contributed by atoms with E-state index in [0.29, 0.717) is 5.89 Å². The number of carbonyl (C=O) groups is 1. The van der Waals surface area contributed by atoms with Gasteiger partial charge in [0.2, 0.25) is 11.8 Å². The highest BCUT2D eigenvalue weighted by atomic mass is 16.5. The molecule has 1 aromatic carbocycles. The Morgan fingerprint density at radius 1 is 1.09 bits per heavy atom. The number of carbonyl (C=O) groups excluding carboxylic acids is 1. The Kier molecular flexibility index (Phi) is 3.70. The van der Waals surface area contributed by atoms with Crippen LogP contribution in [0.5, 0.6) is 0 Å². The van der Waals surface area contributed by atoms with Gasteiger partial charge in [-0.15, -0.1) is 5.10 Å².